The van der Waals surface area contributed by atoms with Crippen molar-refractivity contribution < 1.29 is 14.3 Å². The number of morpholine rings is 1. The molecule has 0 spiro atoms. The van der Waals surface area contributed by atoms with Crippen molar-refractivity contribution in [3.05, 3.63) is 84.1 Å². The number of urea groups is 1. The maximum atomic E-state index is 12.7. The van der Waals surface area contributed by atoms with Gasteiger partial charge in [-0.25, -0.2) is 14.8 Å². The molecule has 46 heavy (non-hydrogen) atoms. The number of hydrogen-bond donors (Lipinski definition) is 3. The van der Waals surface area contributed by atoms with E-state index in [2.05, 4.69) is 56.7 Å². The summed E-state index contributed by atoms with van der Waals surface area (Å²) in [6.07, 6.45) is 2.11. The summed E-state index contributed by atoms with van der Waals surface area (Å²) in [5.41, 5.74) is 5.07. The zero-order chi connectivity index (χ0) is 32.0. The Morgan fingerprint density at radius 2 is 1.65 bits per heavy atom. The van der Waals surface area contributed by atoms with Crippen LogP contribution >= 0.6 is 0 Å². The van der Waals surface area contributed by atoms with Crippen LogP contribution in [0, 0.1) is 0 Å². The lowest BCUT2D eigenvalue weighted by molar-refractivity contribution is 0.0951. The second kappa shape index (κ2) is 14.0. The molecule has 0 aliphatic carbocycles. The summed E-state index contributed by atoms with van der Waals surface area (Å²) < 4.78 is 7.83. The number of aryl methyl sites for hydroxylation is 1. The number of benzene rings is 3. The number of carbonyl (C=O) groups excluding carboxylic acids is 2. The van der Waals surface area contributed by atoms with Crippen LogP contribution in [0.4, 0.5) is 16.3 Å². The molecule has 0 bridgehead atoms. The van der Waals surface area contributed by atoms with Gasteiger partial charge in [0.25, 0.3) is 5.91 Å². The van der Waals surface area contributed by atoms with Crippen molar-refractivity contribution in [2.75, 3.05) is 63.7 Å². The van der Waals surface area contributed by atoms with Gasteiger partial charge in [-0.2, -0.15) is 0 Å². The predicted molar refractivity (Wildman–Crippen MR) is 182 cm³/mol. The number of aromatic nitrogens is 3. The number of nitrogens with zero attached hydrogens (tertiary/aromatic N) is 5. The summed E-state index contributed by atoms with van der Waals surface area (Å²) in [4.78, 5) is 39.4. The number of nitrogens with one attached hydrogen (secondary N) is 3. The molecule has 3 N–H and O–H groups in total. The monoisotopic (exact) mass is 620 g/mol. The molecule has 0 saturated carbocycles. The standard InChI is InChI=1S/C35H40N8O3/c1-4-42-17-15-28-30(42)14-13-29-31(28)39-32(40-33(29)43-19-21-46-22-20-43)25-9-11-27(12-10-25)38-35(45)37-23-24-5-7-26(8-6-24)34(44)36-16-18-41(2)3/h5-15,17H,4,16,18-23H2,1-3H3,(H,36,44)(H2,37,38,45). The lowest BCUT2D eigenvalue weighted by Crippen LogP contribution is -2.37. The van der Waals surface area contributed by atoms with Gasteiger partial charge in [0.05, 0.1) is 24.2 Å². The minimum absolute atomic E-state index is 0.113. The number of ether oxygens (including phenoxy) is 1. The van der Waals surface area contributed by atoms with Crippen LogP contribution in [0.5, 0.6) is 0 Å². The van der Waals surface area contributed by atoms with Crippen LogP contribution in [0.2, 0.25) is 0 Å². The zero-order valence-corrected chi connectivity index (χ0v) is 26.5. The van der Waals surface area contributed by atoms with Crippen molar-refractivity contribution in [3.8, 4) is 11.4 Å². The van der Waals surface area contributed by atoms with Crippen molar-refractivity contribution in [1.82, 2.24) is 30.1 Å². The van der Waals surface area contributed by atoms with E-state index in [0.717, 1.165) is 64.9 Å². The summed E-state index contributed by atoms with van der Waals surface area (Å²) in [7, 11) is 3.93. The molecule has 5 aromatic rings. The maximum absolute atomic E-state index is 12.7. The molecule has 1 saturated heterocycles. The first kappa shape index (κ1) is 31.0. The number of carbonyl (C=O) groups is 2. The van der Waals surface area contributed by atoms with Gasteiger partial charge >= 0.3 is 6.03 Å². The highest BCUT2D eigenvalue weighted by Crippen LogP contribution is 2.33. The minimum atomic E-state index is -0.322. The van der Waals surface area contributed by atoms with E-state index in [4.69, 9.17) is 14.7 Å². The molecule has 0 unspecified atom stereocenters. The summed E-state index contributed by atoms with van der Waals surface area (Å²) >= 11 is 0. The number of hydrogen-bond acceptors (Lipinski definition) is 7. The average Bonchev–Trinajstić information content (AvgIpc) is 3.51. The summed E-state index contributed by atoms with van der Waals surface area (Å²) in [5, 5.41) is 10.8. The van der Waals surface area contributed by atoms with E-state index in [1.54, 1.807) is 12.1 Å². The third-order valence-electron chi connectivity index (χ3n) is 8.16. The molecule has 3 amide bonds. The molecule has 11 nitrogen and oxygen atoms in total. The minimum Gasteiger partial charge on any atom is -0.378 e. The Bertz CT molecular complexity index is 1830. The molecule has 0 radical (unpaired) electrons. The van der Waals surface area contributed by atoms with Gasteiger partial charge in [0.2, 0.25) is 0 Å². The van der Waals surface area contributed by atoms with Gasteiger partial charge in [-0.05, 0) is 81.2 Å². The first-order chi connectivity index (χ1) is 22.4. The SMILES string of the molecule is CCn1ccc2c3nc(-c4ccc(NC(=O)NCc5ccc(C(=O)NCCN(C)C)cc5)cc4)nc(N4CCOCC4)c3ccc21. The highest BCUT2D eigenvalue weighted by atomic mass is 16.5. The molecule has 3 aromatic carbocycles. The molecule has 2 aromatic heterocycles. The smallest absolute Gasteiger partial charge is 0.319 e. The van der Waals surface area contributed by atoms with E-state index >= 15 is 0 Å². The Balaban J connectivity index is 1.14. The summed E-state index contributed by atoms with van der Waals surface area (Å²) in [6, 6.07) is 20.9. The van der Waals surface area contributed by atoms with E-state index in [1.807, 2.05) is 55.4 Å². The normalized spacial score (nSPS) is 13.3. The van der Waals surface area contributed by atoms with Crippen molar-refractivity contribution in [2.24, 2.45) is 0 Å². The van der Waals surface area contributed by atoms with Crippen molar-refractivity contribution in [3.63, 3.8) is 0 Å². The van der Waals surface area contributed by atoms with Crippen LogP contribution in [-0.4, -0.2) is 84.9 Å². The number of anilines is 2. The Morgan fingerprint density at radius 3 is 2.37 bits per heavy atom. The largest absolute Gasteiger partial charge is 0.378 e. The highest BCUT2D eigenvalue weighted by Gasteiger charge is 2.20. The number of amides is 3. The van der Waals surface area contributed by atoms with Gasteiger partial charge in [0.15, 0.2) is 5.82 Å². The van der Waals surface area contributed by atoms with Crippen LogP contribution in [-0.2, 0) is 17.8 Å². The predicted octanol–water partition coefficient (Wildman–Crippen LogP) is 4.72. The summed E-state index contributed by atoms with van der Waals surface area (Å²) in [6.45, 7) is 7.58. The molecule has 1 aliphatic heterocycles. The molecular weight excluding hydrogens is 580 g/mol. The number of fused-ring (bicyclic) bond motifs is 3. The first-order valence-corrected chi connectivity index (χ1v) is 15.7. The fraction of sp³-hybridized carbons (Fsp3) is 0.314. The van der Waals surface area contributed by atoms with Crippen LogP contribution in [0.1, 0.15) is 22.8 Å². The van der Waals surface area contributed by atoms with Gasteiger partial charge in [0.1, 0.15) is 5.82 Å². The van der Waals surface area contributed by atoms with E-state index in [-0.39, 0.29) is 11.9 Å². The zero-order valence-electron chi connectivity index (χ0n) is 26.5. The van der Waals surface area contributed by atoms with E-state index < -0.39 is 0 Å². The van der Waals surface area contributed by atoms with Gasteiger partial charge < -0.3 is 35.1 Å². The Labute approximate surface area is 268 Å². The highest BCUT2D eigenvalue weighted by molar-refractivity contribution is 6.08. The molecule has 1 fully saturated rings. The molecule has 3 heterocycles. The van der Waals surface area contributed by atoms with Gasteiger partial charge in [-0.1, -0.05) is 12.1 Å². The molecule has 238 valence electrons. The van der Waals surface area contributed by atoms with Crippen molar-refractivity contribution in [2.45, 2.75) is 20.0 Å². The van der Waals surface area contributed by atoms with E-state index in [9.17, 15) is 9.59 Å². The summed E-state index contributed by atoms with van der Waals surface area (Å²) in [5.74, 6) is 1.43. The molecular formula is C35H40N8O3. The third-order valence-corrected chi connectivity index (χ3v) is 8.16. The molecule has 11 heteroatoms. The van der Waals surface area contributed by atoms with Gasteiger partial charge in [-0.3, -0.25) is 4.79 Å². The lowest BCUT2D eigenvalue weighted by Gasteiger charge is -2.29. The molecule has 0 atom stereocenters. The first-order valence-electron chi connectivity index (χ1n) is 15.7. The van der Waals surface area contributed by atoms with Crippen LogP contribution in [0.15, 0.2) is 72.9 Å². The second-order valence-corrected chi connectivity index (χ2v) is 11.6. The van der Waals surface area contributed by atoms with E-state index in [0.29, 0.717) is 43.4 Å². The Morgan fingerprint density at radius 1 is 0.891 bits per heavy atom. The number of rotatable bonds is 10. The third kappa shape index (κ3) is 6.95. The fourth-order valence-electron chi connectivity index (χ4n) is 5.60. The van der Waals surface area contributed by atoms with Crippen molar-refractivity contribution in [1.29, 1.82) is 0 Å². The van der Waals surface area contributed by atoms with E-state index in [1.165, 1.54) is 0 Å². The van der Waals surface area contributed by atoms with Crippen LogP contribution in [0.3, 0.4) is 0 Å². The second-order valence-electron chi connectivity index (χ2n) is 11.6. The van der Waals surface area contributed by atoms with Crippen LogP contribution in [0.25, 0.3) is 33.2 Å². The lowest BCUT2D eigenvalue weighted by atomic mass is 10.1. The van der Waals surface area contributed by atoms with Crippen LogP contribution < -0.4 is 20.9 Å². The quantitative estimate of drug-likeness (QED) is 0.207. The maximum Gasteiger partial charge on any atom is 0.319 e. The number of likely N-dealkylation sites (N-methyl/N-ethyl adjacent to an activating group) is 1. The topological polar surface area (TPSA) is 117 Å². The molecule has 1 aliphatic rings. The Kier molecular flexibility index (Phi) is 9.41. The Hall–Kier alpha value is -5.00. The average molecular weight is 621 g/mol. The van der Waals surface area contributed by atoms with Gasteiger partial charge in [0, 0.05) is 73.1 Å². The molecule has 6 rings (SSSR count). The van der Waals surface area contributed by atoms with Gasteiger partial charge in [-0.15, -0.1) is 0 Å². The fourth-order valence-corrected chi connectivity index (χ4v) is 5.60. The van der Waals surface area contributed by atoms with Crippen molar-refractivity contribution >= 4 is 45.2 Å².